The van der Waals surface area contributed by atoms with Crippen LogP contribution in [0, 0.1) is 5.92 Å². The third-order valence-corrected chi connectivity index (χ3v) is 4.21. The molecule has 120 valence electrons. The second-order valence-corrected chi connectivity index (χ2v) is 5.66. The van der Waals surface area contributed by atoms with Crippen molar-refractivity contribution in [2.24, 2.45) is 13.0 Å². The molecule has 0 saturated carbocycles. The highest BCUT2D eigenvalue weighted by Crippen LogP contribution is 2.33. The van der Waals surface area contributed by atoms with E-state index < -0.39 is 12.3 Å². The van der Waals surface area contributed by atoms with Crippen molar-refractivity contribution < 1.29 is 19.5 Å². The number of nitrogens with two attached hydrogens (primary N) is 1. The number of H-pyrrole nitrogens is 1. The maximum Gasteiger partial charge on any atom is 0.313 e. The molecule has 22 heavy (non-hydrogen) atoms. The SMILES string of the molecule is C[C@H]1O[C@@H]([n+]2cn(C)c3c(=O)[nH]c(N)nc32)[C@H](O)[C@@H]1CCO. The minimum atomic E-state index is -0.805. The largest absolute Gasteiger partial charge is 0.396 e. The van der Waals surface area contributed by atoms with Crippen molar-refractivity contribution in [1.29, 1.82) is 0 Å². The van der Waals surface area contributed by atoms with Crippen molar-refractivity contribution in [2.45, 2.75) is 31.8 Å². The lowest BCUT2D eigenvalue weighted by molar-refractivity contribution is -0.745. The van der Waals surface area contributed by atoms with E-state index in [1.54, 1.807) is 22.5 Å². The normalized spacial score (nSPS) is 28.5. The Hall–Kier alpha value is -1.97. The number of aliphatic hydroxyl groups excluding tert-OH is 2. The molecule has 0 bridgehead atoms. The maximum atomic E-state index is 12.0. The lowest BCUT2D eigenvalue weighted by Gasteiger charge is -2.15. The van der Waals surface area contributed by atoms with Crippen LogP contribution in [0.1, 0.15) is 19.6 Å². The molecule has 9 nitrogen and oxygen atoms in total. The van der Waals surface area contributed by atoms with Crippen molar-refractivity contribution in [3.05, 3.63) is 16.7 Å². The zero-order chi connectivity index (χ0) is 16.0. The predicted molar refractivity (Wildman–Crippen MR) is 76.7 cm³/mol. The van der Waals surface area contributed by atoms with Gasteiger partial charge in [-0.2, -0.15) is 0 Å². The van der Waals surface area contributed by atoms with Gasteiger partial charge in [-0.3, -0.25) is 14.3 Å². The lowest BCUT2D eigenvalue weighted by atomic mass is 9.96. The molecule has 1 fully saturated rings. The summed E-state index contributed by atoms with van der Waals surface area (Å²) in [6.45, 7) is 1.83. The van der Waals surface area contributed by atoms with Crippen molar-refractivity contribution >= 4 is 17.1 Å². The Kier molecular flexibility index (Phi) is 3.63. The molecule has 1 saturated heterocycles. The van der Waals surface area contributed by atoms with Gasteiger partial charge in [0.15, 0.2) is 6.33 Å². The number of aromatic nitrogens is 4. The molecule has 0 unspecified atom stereocenters. The first kappa shape index (κ1) is 14.9. The summed E-state index contributed by atoms with van der Waals surface area (Å²) in [5, 5.41) is 19.6. The molecule has 0 aliphatic carbocycles. The van der Waals surface area contributed by atoms with Gasteiger partial charge in [0.2, 0.25) is 11.7 Å². The monoisotopic (exact) mass is 310 g/mol. The topological polar surface area (TPSA) is 130 Å². The fraction of sp³-hybridized carbons (Fsp3) is 0.615. The van der Waals surface area contributed by atoms with Crippen LogP contribution < -0.4 is 15.9 Å². The summed E-state index contributed by atoms with van der Waals surface area (Å²) in [4.78, 5) is 18.6. The van der Waals surface area contributed by atoms with Gasteiger partial charge in [-0.25, -0.2) is 4.57 Å². The quantitative estimate of drug-likeness (QED) is 0.506. The van der Waals surface area contributed by atoms with Crippen molar-refractivity contribution in [3.8, 4) is 0 Å². The molecule has 0 amide bonds. The van der Waals surface area contributed by atoms with Crippen LogP contribution in [0.5, 0.6) is 0 Å². The Bertz CT molecular complexity index is 755. The third kappa shape index (κ3) is 2.18. The number of fused-ring (bicyclic) bond motifs is 1. The number of nitrogen functional groups attached to an aromatic ring is 1. The van der Waals surface area contributed by atoms with Gasteiger partial charge in [0.05, 0.1) is 13.2 Å². The molecule has 9 heteroatoms. The molecular formula is C13H20N5O4+. The van der Waals surface area contributed by atoms with E-state index in [1.165, 1.54) is 0 Å². The molecule has 5 N–H and O–H groups in total. The van der Waals surface area contributed by atoms with Crippen molar-refractivity contribution in [1.82, 2.24) is 14.5 Å². The van der Waals surface area contributed by atoms with Crippen LogP contribution in [0.15, 0.2) is 11.1 Å². The van der Waals surface area contributed by atoms with Crippen LogP contribution >= 0.6 is 0 Å². The van der Waals surface area contributed by atoms with Crippen LogP contribution in [-0.4, -0.2) is 43.6 Å². The number of hydrogen-bond donors (Lipinski definition) is 4. The number of aliphatic hydroxyl groups is 2. The molecule has 1 aliphatic rings. The molecule has 3 rings (SSSR count). The first-order chi connectivity index (χ1) is 10.4. The number of rotatable bonds is 3. The Morgan fingerprint density at radius 2 is 2.32 bits per heavy atom. The summed E-state index contributed by atoms with van der Waals surface area (Å²) in [7, 11) is 1.71. The van der Waals surface area contributed by atoms with E-state index in [1.807, 2.05) is 6.92 Å². The number of aromatic amines is 1. The first-order valence-corrected chi connectivity index (χ1v) is 7.14. The summed E-state index contributed by atoms with van der Waals surface area (Å²) in [6.07, 6.45) is 0.396. The van der Waals surface area contributed by atoms with E-state index in [2.05, 4.69) is 9.97 Å². The fourth-order valence-corrected chi connectivity index (χ4v) is 3.13. The summed E-state index contributed by atoms with van der Waals surface area (Å²) in [6, 6.07) is 0. The molecule has 2 aromatic heterocycles. The Balaban J connectivity index is 2.10. The van der Waals surface area contributed by atoms with Crippen molar-refractivity contribution in [2.75, 3.05) is 12.3 Å². The minimum absolute atomic E-state index is 0.00453. The highest BCUT2D eigenvalue weighted by molar-refractivity contribution is 5.67. The fourth-order valence-electron chi connectivity index (χ4n) is 3.13. The average molecular weight is 310 g/mol. The molecule has 3 heterocycles. The number of ether oxygens (including phenoxy) is 1. The van der Waals surface area contributed by atoms with Gasteiger partial charge >= 0.3 is 5.65 Å². The summed E-state index contributed by atoms with van der Waals surface area (Å²) in [5.41, 5.74) is 5.96. The van der Waals surface area contributed by atoms with Crippen LogP contribution in [0.25, 0.3) is 11.2 Å². The highest BCUT2D eigenvalue weighted by atomic mass is 16.5. The molecule has 0 aromatic carbocycles. The number of hydrogen-bond acceptors (Lipinski definition) is 6. The standard InChI is InChI=1S/C13H19N5O4/c1-6-7(3-4-19)9(20)12(22-6)18-5-17(2)8-10(18)15-13(14)16-11(8)21/h5-7,9,12,19-20H,3-4H2,1-2H3,(H2-,14,15,16,21)/p+1/t6-,7-,9-,12-/m1/s1. The summed E-state index contributed by atoms with van der Waals surface area (Å²) in [5.74, 6) is -0.179. The highest BCUT2D eigenvalue weighted by Gasteiger charge is 2.45. The summed E-state index contributed by atoms with van der Waals surface area (Å²) >= 11 is 0. The number of anilines is 1. The number of nitrogens with one attached hydrogen (secondary N) is 1. The molecule has 1 aliphatic heterocycles. The van der Waals surface area contributed by atoms with Gasteiger partial charge < -0.3 is 20.7 Å². The second-order valence-electron chi connectivity index (χ2n) is 5.66. The zero-order valence-electron chi connectivity index (χ0n) is 12.4. The van der Waals surface area contributed by atoms with E-state index in [0.29, 0.717) is 17.6 Å². The number of aryl methyl sites for hydroxylation is 1. The van der Waals surface area contributed by atoms with Crippen LogP contribution in [-0.2, 0) is 11.8 Å². The zero-order valence-corrected chi connectivity index (χ0v) is 12.4. The van der Waals surface area contributed by atoms with Gasteiger partial charge in [0.1, 0.15) is 6.10 Å². The predicted octanol–water partition coefficient (Wildman–Crippen LogP) is -1.59. The summed E-state index contributed by atoms with van der Waals surface area (Å²) < 4.78 is 9.04. The van der Waals surface area contributed by atoms with Gasteiger partial charge in [0.25, 0.3) is 11.5 Å². The molecule has 0 radical (unpaired) electrons. The Morgan fingerprint density at radius 3 is 3.00 bits per heavy atom. The smallest absolute Gasteiger partial charge is 0.313 e. The Morgan fingerprint density at radius 1 is 1.59 bits per heavy atom. The lowest BCUT2D eigenvalue weighted by Crippen LogP contribution is -2.45. The van der Waals surface area contributed by atoms with Gasteiger partial charge in [-0.05, 0) is 13.3 Å². The Labute approximate surface area is 126 Å². The van der Waals surface area contributed by atoms with E-state index in [-0.39, 0.29) is 30.1 Å². The molecule has 2 aromatic rings. The van der Waals surface area contributed by atoms with Gasteiger partial charge in [-0.1, -0.05) is 4.98 Å². The average Bonchev–Trinajstić information content (AvgIpc) is 2.90. The number of imidazole rings is 1. The van der Waals surface area contributed by atoms with E-state index in [0.717, 1.165) is 0 Å². The number of nitrogens with zero attached hydrogens (tertiary/aromatic N) is 3. The third-order valence-electron chi connectivity index (χ3n) is 4.21. The minimum Gasteiger partial charge on any atom is -0.396 e. The van der Waals surface area contributed by atoms with Gasteiger partial charge in [-0.15, -0.1) is 0 Å². The first-order valence-electron chi connectivity index (χ1n) is 7.14. The van der Waals surface area contributed by atoms with E-state index >= 15 is 0 Å². The maximum absolute atomic E-state index is 12.0. The van der Waals surface area contributed by atoms with Crippen LogP contribution in [0.4, 0.5) is 5.95 Å². The van der Waals surface area contributed by atoms with Crippen LogP contribution in [0.2, 0.25) is 0 Å². The van der Waals surface area contributed by atoms with E-state index in [9.17, 15) is 9.90 Å². The molecule has 0 spiro atoms. The van der Waals surface area contributed by atoms with Crippen LogP contribution in [0.3, 0.4) is 0 Å². The molecule has 4 atom stereocenters. The van der Waals surface area contributed by atoms with Crippen molar-refractivity contribution in [3.63, 3.8) is 0 Å². The second kappa shape index (κ2) is 5.34. The molecular weight excluding hydrogens is 290 g/mol. The van der Waals surface area contributed by atoms with E-state index in [4.69, 9.17) is 15.6 Å². The van der Waals surface area contributed by atoms with Gasteiger partial charge in [0, 0.05) is 12.5 Å².